The van der Waals surface area contributed by atoms with Crippen LogP contribution >= 0.6 is 11.6 Å². The van der Waals surface area contributed by atoms with Gasteiger partial charge in [-0.25, -0.2) is 9.67 Å². The lowest BCUT2D eigenvalue weighted by molar-refractivity contribution is 0.0350. The van der Waals surface area contributed by atoms with E-state index in [0.29, 0.717) is 23.9 Å². The lowest BCUT2D eigenvalue weighted by atomic mass is 9.94. The molecule has 0 spiro atoms. The van der Waals surface area contributed by atoms with Crippen molar-refractivity contribution in [1.82, 2.24) is 24.5 Å². The van der Waals surface area contributed by atoms with E-state index in [0.717, 1.165) is 35.6 Å². The van der Waals surface area contributed by atoms with Crippen LogP contribution in [0.25, 0.3) is 16.7 Å². The van der Waals surface area contributed by atoms with E-state index < -0.39 is 5.60 Å². The summed E-state index contributed by atoms with van der Waals surface area (Å²) in [5.74, 6) is 0.756. The second kappa shape index (κ2) is 5.69. The van der Waals surface area contributed by atoms with E-state index in [1.165, 1.54) is 12.8 Å². The number of aromatic nitrogens is 5. The van der Waals surface area contributed by atoms with Crippen molar-refractivity contribution in [3.05, 3.63) is 29.7 Å². The van der Waals surface area contributed by atoms with Crippen LogP contribution in [0.4, 0.5) is 5.82 Å². The summed E-state index contributed by atoms with van der Waals surface area (Å²) in [6.45, 7) is 3.35. The molecule has 0 atom stereocenters. The van der Waals surface area contributed by atoms with E-state index in [1.807, 2.05) is 34.7 Å². The standard InChI is InChI=1S/C18H21ClN6O/c1-18(26)4-6-23(7-5-18)17-15(19)8-12-9-21-25(16(12)22-17)14-10-20-24(11-14)13-2-3-13/h8-11,13,26H,2-7H2,1H3. The molecule has 136 valence electrons. The minimum absolute atomic E-state index is 0.532. The van der Waals surface area contributed by atoms with Gasteiger partial charge >= 0.3 is 0 Å². The number of nitrogens with zero attached hydrogens (tertiary/aromatic N) is 6. The van der Waals surface area contributed by atoms with Gasteiger partial charge in [0.15, 0.2) is 5.65 Å². The van der Waals surface area contributed by atoms with E-state index >= 15 is 0 Å². The monoisotopic (exact) mass is 372 g/mol. The zero-order valence-corrected chi connectivity index (χ0v) is 15.4. The van der Waals surface area contributed by atoms with Crippen molar-refractivity contribution in [1.29, 1.82) is 0 Å². The van der Waals surface area contributed by atoms with Gasteiger partial charge in [0, 0.05) is 18.5 Å². The van der Waals surface area contributed by atoms with Gasteiger partial charge in [-0.15, -0.1) is 0 Å². The molecule has 3 aromatic rings. The fraction of sp³-hybridized carbons (Fsp3) is 0.500. The zero-order valence-electron chi connectivity index (χ0n) is 14.6. The maximum Gasteiger partial charge on any atom is 0.165 e. The highest BCUT2D eigenvalue weighted by Crippen LogP contribution is 2.35. The van der Waals surface area contributed by atoms with Crippen molar-refractivity contribution in [2.45, 2.75) is 44.2 Å². The summed E-state index contributed by atoms with van der Waals surface area (Å²) in [4.78, 5) is 6.97. The van der Waals surface area contributed by atoms with Crippen molar-refractivity contribution in [3.63, 3.8) is 0 Å². The summed E-state index contributed by atoms with van der Waals surface area (Å²) in [6.07, 6.45) is 9.44. The molecule has 2 aliphatic rings. The molecule has 1 aliphatic heterocycles. The molecular weight excluding hydrogens is 352 g/mol. The van der Waals surface area contributed by atoms with Gasteiger partial charge in [0.2, 0.25) is 0 Å². The summed E-state index contributed by atoms with van der Waals surface area (Å²) >= 11 is 6.50. The molecule has 26 heavy (non-hydrogen) atoms. The Labute approximate surface area is 156 Å². The molecule has 2 fully saturated rings. The highest BCUT2D eigenvalue weighted by molar-refractivity contribution is 6.33. The Morgan fingerprint density at radius 3 is 2.69 bits per heavy atom. The van der Waals surface area contributed by atoms with Crippen LogP contribution in [0.15, 0.2) is 24.7 Å². The summed E-state index contributed by atoms with van der Waals surface area (Å²) in [5.41, 5.74) is 1.08. The Morgan fingerprint density at radius 2 is 1.96 bits per heavy atom. The van der Waals surface area contributed by atoms with E-state index in [1.54, 1.807) is 6.20 Å². The van der Waals surface area contributed by atoms with Crippen molar-refractivity contribution in [3.8, 4) is 5.69 Å². The first-order chi connectivity index (χ1) is 12.5. The Hall–Kier alpha value is -2.12. The molecule has 1 aliphatic carbocycles. The number of rotatable bonds is 3. The predicted octanol–water partition coefficient (Wildman–Crippen LogP) is 2.96. The maximum atomic E-state index is 10.2. The molecule has 1 saturated heterocycles. The molecule has 5 rings (SSSR count). The Kier molecular flexibility index (Phi) is 3.52. The summed E-state index contributed by atoms with van der Waals surface area (Å²) in [5, 5.41) is 20.7. The third-order valence-corrected chi connectivity index (χ3v) is 5.65. The number of halogens is 1. The van der Waals surface area contributed by atoms with Gasteiger partial charge in [-0.3, -0.25) is 4.68 Å². The van der Waals surface area contributed by atoms with Gasteiger partial charge < -0.3 is 10.0 Å². The molecule has 4 heterocycles. The van der Waals surface area contributed by atoms with Gasteiger partial charge in [0.25, 0.3) is 0 Å². The number of hydrogen-bond acceptors (Lipinski definition) is 5. The minimum atomic E-state index is -0.605. The van der Waals surface area contributed by atoms with Gasteiger partial charge in [0.1, 0.15) is 11.5 Å². The van der Waals surface area contributed by atoms with Crippen LogP contribution in [0.5, 0.6) is 0 Å². The topological polar surface area (TPSA) is 72.0 Å². The van der Waals surface area contributed by atoms with E-state index in [2.05, 4.69) is 15.1 Å². The third kappa shape index (κ3) is 2.75. The Bertz CT molecular complexity index is 963. The zero-order chi connectivity index (χ0) is 17.9. The summed E-state index contributed by atoms with van der Waals surface area (Å²) in [6, 6.07) is 2.45. The second-order valence-electron chi connectivity index (χ2n) is 7.66. The van der Waals surface area contributed by atoms with Crippen LogP contribution in [-0.4, -0.2) is 48.3 Å². The predicted molar refractivity (Wildman–Crippen MR) is 100 cm³/mol. The van der Waals surface area contributed by atoms with Gasteiger partial charge in [-0.1, -0.05) is 11.6 Å². The number of hydrogen-bond donors (Lipinski definition) is 1. The van der Waals surface area contributed by atoms with E-state index in [4.69, 9.17) is 16.6 Å². The summed E-state index contributed by atoms with van der Waals surface area (Å²) in [7, 11) is 0. The maximum absolute atomic E-state index is 10.2. The molecule has 0 amide bonds. The minimum Gasteiger partial charge on any atom is -0.390 e. The molecule has 1 saturated carbocycles. The van der Waals surface area contributed by atoms with Gasteiger partial charge in [-0.2, -0.15) is 10.2 Å². The van der Waals surface area contributed by atoms with Gasteiger partial charge in [-0.05, 0) is 38.7 Å². The first-order valence-corrected chi connectivity index (χ1v) is 9.44. The molecule has 7 nitrogen and oxygen atoms in total. The first kappa shape index (κ1) is 16.1. The molecule has 8 heteroatoms. The fourth-order valence-electron chi connectivity index (χ4n) is 3.51. The molecule has 0 bridgehead atoms. The second-order valence-corrected chi connectivity index (χ2v) is 8.06. The molecule has 1 N–H and O–H groups in total. The Balaban J connectivity index is 1.52. The van der Waals surface area contributed by atoms with Crippen LogP contribution in [0.1, 0.15) is 38.6 Å². The van der Waals surface area contributed by atoms with E-state index in [-0.39, 0.29) is 0 Å². The third-order valence-electron chi connectivity index (χ3n) is 5.37. The van der Waals surface area contributed by atoms with Crippen molar-refractivity contribution in [2.75, 3.05) is 18.0 Å². The Morgan fingerprint density at radius 1 is 1.19 bits per heavy atom. The average Bonchev–Trinajstić information content (AvgIpc) is 3.20. The molecule has 3 aromatic heterocycles. The number of pyridine rings is 1. The smallest absolute Gasteiger partial charge is 0.165 e. The van der Waals surface area contributed by atoms with E-state index in [9.17, 15) is 5.11 Å². The number of fused-ring (bicyclic) bond motifs is 1. The molecule has 0 radical (unpaired) electrons. The highest BCUT2D eigenvalue weighted by Gasteiger charge is 2.29. The fourth-order valence-corrected chi connectivity index (χ4v) is 3.79. The van der Waals surface area contributed by atoms with Gasteiger partial charge in [0.05, 0.1) is 35.3 Å². The van der Waals surface area contributed by atoms with Crippen molar-refractivity contribution < 1.29 is 5.11 Å². The number of piperidine rings is 1. The van der Waals surface area contributed by atoms with Crippen LogP contribution in [0, 0.1) is 0 Å². The average molecular weight is 373 g/mol. The molecular formula is C18H21ClN6O. The number of aliphatic hydroxyl groups is 1. The van der Waals surface area contributed by atoms with Crippen LogP contribution in [0.2, 0.25) is 5.02 Å². The quantitative estimate of drug-likeness (QED) is 0.765. The SMILES string of the molecule is CC1(O)CCN(c2nc3c(cnn3-c3cnn(C4CC4)c3)cc2Cl)CC1. The van der Waals surface area contributed by atoms with Crippen LogP contribution in [0.3, 0.4) is 0 Å². The molecule has 0 aromatic carbocycles. The molecule has 0 unspecified atom stereocenters. The number of anilines is 1. The first-order valence-electron chi connectivity index (χ1n) is 9.06. The van der Waals surface area contributed by atoms with Crippen LogP contribution < -0.4 is 4.90 Å². The normalized spacial score (nSPS) is 20.0. The van der Waals surface area contributed by atoms with Crippen molar-refractivity contribution in [2.24, 2.45) is 0 Å². The van der Waals surface area contributed by atoms with Crippen LogP contribution in [-0.2, 0) is 0 Å². The summed E-state index contributed by atoms with van der Waals surface area (Å²) < 4.78 is 3.83. The lowest BCUT2D eigenvalue weighted by Crippen LogP contribution is -2.42. The largest absolute Gasteiger partial charge is 0.390 e. The van der Waals surface area contributed by atoms with Crippen molar-refractivity contribution >= 4 is 28.5 Å². The highest BCUT2D eigenvalue weighted by atomic mass is 35.5. The lowest BCUT2D eigenvalue weighted by Gasteiger charge is -2.36.